The number of nitrogens with zero attached hydrogens (tertiary/aromatic N) is 2. The van der Waals surface area contributed by atoms with E-state index in [1.807, 2.05) is 6.92 Å². The maximum absolute atomic E-state index is 8.83. The molecule has 1 heterocycles. The zero-order valence-electron chi connectivity index (χ0n) is 7.67. The summed E-state index contributed by atoms with van der Waals surface area (Å²) in [5.41, 5.74) is 0. The number of aliphatic hydroxyl groups excluding tert-OH is 1. The van der Waals surface area contributed by atoms with Crippen LogP contribution >= 0.6 is 27.5 Å². The first kappa shape index (κ1) is 11.7. The second-order valence-electron chi connectivity index (χ2n) is 3.00. The van der Waals surface area contributed by atoms with E-state index in [0.29, 0.717) is 12.4 Å². The minimum absolute atomic E-state index is 0.142. The van der Waals surface area contributed by atoms with Crippen molar-refractivity contribution in [3.63, 3.8) is 0 Å². The van der Waals surface area contributed by atoms with E-state index in [4.69, 9.17) is 16.7 Å². The molecule has 1 unspecified atom stereocenters. The minimum Gasteiger partial charge on any atom is -0.396 e. The van der Waals surface area contributed by atoms with E-state index in [-0.39, 0.29) is 17.8 Å². The van der Waals surface area contributed by atoms with Gasteiger partial charge in [-0.25, -0.2) is 4.98 Å². The van der Waals surface area contributed by atoms with Crippen molar-refractivity contribution in [2.24, 2.45) is 5.92 Å². The van der Waals surface area contributed by atoms with E-state index in [2.05, 4.69) is 31.2 Å². The molecule has 1 rings (SSSR count). The third-order valence-corrected chi connectivity index (χ3v) is 2.41. The summed E-state index contributed by atoms with van der Waals surface area (Å²) in [7, 11) is 0. The Hall–Kier alpha value is -0.390. The van der Waals surface area contributed by atoms with Crippen LogP contribution in [-0.2, 0) is 0 Å². The SMILES string of the molecule is CC(CO)CNc1nc(Cl)ncc1Br. The first-order valence-corrected chi connectivity index (χ1v) is 5.33. The fraction of sp³-hybridized carbons (Fsp3) is 0.500. The van der Waals surface area contributed by atoms with Crippen molar-refractivity contribution in [2.75, 3.05) is 18.5 Å². The number of nitrogens with one attached hydrogen (secondary N) is 1. The Morgan fingerprint density at radius 3 is 3.07 bits per heavy atom. The molecule has 0 aliphatic rings. The molecule has 1 aromatic heterocycles. The molecule has 0 aliphatic carbocycles. The fourth-order valence-electron chi connectivity index (χ4n) is 0.805. The molecule has 1 aromatic rings. The molecule has 0 aromatic carbocycles. The molecule has 0 saturated carbocycles. The van der Waals surface area contributed by atoms with Gasteiger partial charge >= 0.3 is 0 Å². The van der Waals surface area contributed by atoms with Crippen LogP contribution in [0.25, 0.3) is 0 Å². The molecule has 0 bridgehead atoms. The predicted octanol–water partition coefficient (Wildman–Crippen LogP) is 1.93. The van der Waals surface area contributed by atoms with Crippen molar-refractivity contribution < 1.29 is 5.11 Å². The average Bonchev–Trinajstić information content (AvgIpc) is 2.19. The Morgan fingerprint density at radius 1 is 1.71 bits per heavy atom. The highest BCUT2D eigenvalue weighted by atomic mass is 79.9. The monoisotopic (exact) mass is 279 g/mol. The smallest absolute Gasteiger partial charge is 0.224 e. The van der Waals surface area contributed by atoms with Gasteiger partial charge in [0.25, 0.3) is 0 Å². The van der Waals surface area contributed by atoms with E-state index in [1.54, 1.807) is 6.20 Å². The molecule has 2 N–H and O–H groups in total. The molecule has 4 nitrogen and oxygen atoms in total. The highest BCUT2D eigenvalue weighted by molar-refractivity contribution is 9.10. The van der Waals surface area contributed by atoms with Crippen molar-refractivity contribution in [1.29, 1.82) is 0 Å². The molecule has 14 heavy (non-hydrogen) atoms. The molecule has 0 fully saturated rings. The molecule has 1 atom stereocenters. The highest BCUT2D eigenvalue weighted by Gasteiger charge is 2.05. The zero-order valence-corrected chi connectivity index (χ0v) is 10.0. The molecule has 6 heteroatoms. The first-order chi connectivity index (χ1) is 6.63. The van der Waals surface area contributed by atoms with Crippen LogP contribution in [0.1, 0.15) is 6.92 Å². The summed E-state index contributed by atoms with van der Waals surface area (Å²) >= 11 is 8.93. The molecule has 0 saturated heterocycles. The van der Waals surface area contributed by atoms with Gasteiger partial charge in [0.15, 0.2) is 0 Å². The van der Waals surface area contributed by atoms with Crippen LogP contribution in [0.3, 0.4) is 0 Å². The van der Waals surface area contributed by atoms with Crippen molar-refractivity contribution in [1.82, 2.24) is 9.97 Å². The van der Waals surface area contributed by atoms with Gasteiger partial charge in [-0.2, -0.15) is 4.98 Å². The van der Waals surface area contributed by atoms with Crippen LogP contribution in [0, 0.1) is 5.92 Å². The summed E-state index contributed by atoms with van der Waals surface area (Å²) in [4.78, 5) is 7.80. The second-order valence-corrected chi connectivity index (χ2v) is 4.20. The quantitative estimate of drug-likeness (QED) is 0.828. The number of rotatable bonds is 4. The van der Waals surface area contributed by atoms with Gasteiger partial charge in [-0.05, 0) is 33.4 Å². The van der Waals surface area contributed by atoms with Gasteiger partial charge in [0.05, 0.1) is 4.47 Å². The molecule has 0 amide bonds. The van der Waals surface area contributed by atoms with Crippen molar-refractivity contribution in [3.8, 4) is 0 Å². The van der Waals surface area contributed by atoms with Gasteiger partial charge < -0.3 is 10.4 Å². The van der Waals surface area contributed by atoms with Crippen molar-refractivity contribution in [3.05, 3.63) is 16.0 Å². The predicted molar refractivity (Wildman–Crippen MR) is 59.5 cm³/mol. The highest BCUT2D eigenvalue weighted by Crippen LogP contribution is 2.20. The number of hydrogen-bond donors (Lipinski definition) is 2. The third-order valence-electron chi connectivity index (χ3n) is 1.64. The van der Waals surface area contributed by atoms with Gasteiger partial charge in [-0.15, -0.1) is 0 Å². The zero-order chi connectivity index (χ0) is 10.6. The Balaban J connectivity index is 2.62. The molecular weight excluding hydrogens is 269 g/mol. The van der Waals surface area contributed by atoms with Gasteiger partial charge in [0, 0.05) is 19.3 Å². The van der Waals surface area contributed by atoms with Crippen molar-refractivity contribution in [2.45, 2.75) is 6.92 Å². The first-order valence-electron chi connectivity index (χ1n) is 4.16. The number of aliphatic hydroxyl groups is 1. The standard InChI is InChI=1S/C8H11BrClN3O/c1-5(4-14)2-11-7-6(9)3-12-8(10)13-7/h3,5,14H,2,4H2,1H3,(H,11,12,13). The lowest BCUT2D eigenvalue weighted by Crippen LogP contribution is -2.15. The third kappa shape index (κ3) is 3.40. The van der Waals surface area contributed by atoms with Crippen molar-refractivity contribution >= 4 is 33.3 Å². The number of anilines is 1. The van der Waals surface area contributed by atoms with Gasteiger partial charge in [-0.1, -0.05) is 6.92 Å². The van der Waals surface area contributed by atoms with Gasteiger partial charge in [-0.3, -0.25) is 0 Å². The summed E-state index contributed by atoms with van der Waals surface area (Å²) in [5.74, 6) is 0.820. The van der Waals surface area contributed by atoms with Crippen LogP contribution in [0.4, 0.5) is 5.82 Å². The molecule has 0 spiro atoms. The average molecular weight is 281 g/mol. The summed E-state index contributed by atoms with van der Waals surface area (Å²) < 4.78 is 0.757. The fourth-order valence-corrected chi connectivity index (χ4v) is 1.27. The van der Waals surface area contributed by atoms with Crippen LogP contribution < -0.4 is 5.32 Å². The lowest BCUT2D eigenvalue weighted by molar-refractivity contribution is 0.244. The molecule has 0 aliphatic heterocycles. The normalized spacial score (nSPS) is 12.6. The van der Waals surface area contributed by atoms with E-state index >= 15 is 0 Å². The number of hydrogen-bond acceptors (Lipinski definition) is 4. The summed E-state index contributed by atoms with van der Waals surface area (Å²) in [6.07, 6.45) is 1.58. The Bertz CT molecular complexity index is 311. The Labute approximate surface area is 95.8 Å². The van der Waals surface area contributed by atoms with Gasteiger partial charge in [0.1, 0.15) is 5.82 Å². The Morgan fingerprint density at radius 2 is 2.43 bits per heavy atom. The van der Waals surface area contributed by atoms with Crippen LogP contribution in [0.5, 0.6) is 0 Å². The van der Waals surface area contributed by atoms with E-state index in [9.17, 15) is 0 Å². The molecular formula is C8H11BrClN3O. The van der Waals surface area contributed by atoms with Crippen LogP contribution in [-0.4, -0.2) is 28.2 Å². The van der Waals surface area contributed by atoms with Crippen LogP contribution in [0.2, 0.25) is 5.28 Å². The maximum atomic E-state index is 8.83. The minimum atomic E-state index is 0.142. The van der Waals surface area contributed by atoms with E-state index in [0.717, 1.165) is 4.47 Å². The number of halogens is 2. The summed E-state index contributed by atoms with van der Waals surface area (Å²) in [6, 6.07) is 0. The van der Waals surface area contributed by atoms with Gasteiger partial charge in [0.2, 0.25) is 5.28 Å². The topological polar surface area (TPSA) is 58.0 Å². The second kappa shape index (κ2) is 5.48. The lowest BCUT2D eigenvalue weighted by Gasteiger charge is -2.10. The van der Waals surface area contributed by atoms with E-state index in [1.165, 1.54) is 0 Å². The molecule has 78 valence electrons. The van der Waals surface area contributed by atoms with Crippen LogP contribution in [0.15, 0.2) is 10.7 Å². The summed E-state index contributed by atoms with van der Waals surface area (Å²) in [6.45, 7) is 2.72. The maximum Gasteiger partial charge on any atom is 0.224 e. The molecule has 0 radical (unpaired) electrons. The Kier molecular flexibility index (Phi) is 4.57. The van der Waals surface area contributed by atoms with E-state index < -0.39 is 0 Å². The summed E-state index contributed by atoms with van der Waals surface area (Å²) in [5, 5.41) is 12.1. The largest absolute Gasteiger partial charge is 0.396 e. The number of aromatic nitrogens is 2. The lowest BCUT2D eigenvalue weighted by atomic mass is 10.2.